The van der Waals surface area contributed by atoms with Crippen LogP contribution in [0.3, 0.4) is 0 Å². The first-order valence-corrected chi connectivity index (χ1v) is 6.34. The summed E-state index contributed by atoms with van der Waals surface area (Å²) in [6, 6.07) is 0.874. The summed E-state index contributed by atoms with van der Waals surface area (Å²) in [7, 11) is 0. The first-order chi connectivity index (χ1) is 7.54. The van der Waals surface area contributed by atoms with Crippen molar-refractivity contribution in [1.82, 2.24) is 10.2 Å². The molecular weight excluding hydrogens is 202 g/mol. The lowest BCUT2D eigenvalue weighted by molar-refractivity contribution is -0.120. The smallest absolute Gasteiger partial charge is 0.234 e. The molecule has 4 heteroatoms. The molecule has 1 amide bonds. The highest BCUT2D eigenvalue weighted by Crippen LogP contribution is 2.26. The molecular formula is C12H25N3O. The maximum atomic E-state index is 11.3. The quantitative estimate of drug-likeness (QED) is 0.642. The van der Waals surface area contributed by atoms with Crippen LogP contribution in [-0.4, -0.2) is 42.0 Å². The Morgan fingerprint density at radius 2 is 2.12 bits per heavy atom. The van der Waals surface area contributed by atoms with Crippen molar-refractivity contribution in [3.63, 3.8) is 0 Å². The molecule has 0 aromatic rings. The second-order valence-corrected chi connectivity index (χ2v) is 4.92. The van der Waals surface area contributed by atoms with Gasteiger partial charge in [0.25, 0.3) is 0 Å². The van der Waals surface area contributed by atoms with E-state index in [4.69, 9.17) is 5.73 Å². The zero-order valence-corrected chi connectivity index (χ0v) is 10.7. The van der Waals surface area contributed by atoms with Crippen molar-refractivity contribution in [2.24, 2.45) is 5.73 Å². The normalized spacial score (nSPS) is 18.1. The molecule has 1 atom stereocenters. The van der Waals surface area contributed by atoms with Gasteiger partial charge in [-0.3, -0.25) is 4.79 Å². The second-order valence-electron chi connectivity index (χ2n) is 4.92. The van der Waals surface area contributed by atoms with Crippen molar-refractivity contribution in [2.45, 2.75) is 58.2 Å². The molecule has 4 nitrogen and oxygen atoms in total. The number of carbonyl (C=O) groups is 1. The van der Waals surface area contributed by atoms with Gasteiger partial charge in [0, 0.05) is 18.6 Å². The highest BCUT2D eigenvalue weighted by molar-refractivity contribution is 5.79. The fourth-order valence-electron chi connectivity index (χ4n) is 2.04. The van der Waals surface area contributed by atoms with E-state index in [1.807, 2.05) is 13.8 Å². The minimum Gasteiger partial charge on any atom is -0.368 e. The first kappa shape index (κ1) is 13.5. The lowest BCUT2D eigenvalue weighted by atomic mass is 10.1. The standard InChI is InChI=1S/C12H25N3O/c1-4-15(10-5-6-10)8-7-11(12(13)16)14-9(2)3/h9-11,14H,4-8H2,1-3H3,(H2,13,16). The summed E-state index contributed by atoms with van der Waals surface area (Å²) in [5.74, 6) is -0.236. The van der Waals surface area contributed by atoms with Crippen LogP contribution >= 0.6 is 0 Å². The van der Waals surface area contributed by atoms with Crippen molar-refractivity contribution in [1.29, 1.82) is 0 Å². The molecule has 0 bridgehead atoms. The largest absolute Gasteiger partial charge is 0.368 e. The Labute approximate surface area is 98.6 Å². The Morgan fingerprint density at radius 1 is 1.50 bits per heavy atom. The van der Waals surface area contributed by atoms with Crippen LogP contribution in [0.2, 0.25) is 0 Å². The van der Waals surface area contributed by atoms with Crippen molar-refractivity contribution in [3.8, 4) is 0 Å². The van der Waals surface area contributed by atoms with E-state index in [9.17, 15) is 4.79 Å². The van der Waals surface area contributed by atoms with E-state index in [0.29, 0.717) is 6.04 Å². The van der Waals surface area contributed by atoms with E-state index in [1.54, 1.807) is 0 Å². The Morgan fingerprint density at radius 3 is 2.50 bits per heavy atom. The monoisotopic (exact) mass is 227 g/mol. The van der Waals surface area contributed by atoms with E-state index in [-0.39, 0.29) is 11.9 Å². The molecule has 0 heterocycles. The average molecular weight is 227 g/mol. The van der Waals surface area contributed by atoms with Gasteiger partial charge in [-0.15, -0.1) is 0 Å². The van der Waals surface area contributed by atoms with Crippen molar-refractivity contribution in [3.05, 3.63) is 0 Å². The average Bonchev–Trinajstić information content (AvgIpc) is 3.00. The molecule has 3 N–H and O–H groups in total. The van der Waals surface area contributed by atoms with Crippen LogP contribution in [0, 0.1) is 0 Å². The molecule has 1 saturated carbocycles. The lowest BCUT2D eigenvalue weighted by Crippen LogP contribution is -2.46. The van der Waals surface area contributed by atoms with Crippen LogP contribution in [0.1, 0.15) is 40.0 Å². The van der Waals surface area contributed by atoms with E-state index in [0.717, 1.165) is 25.6 Å². The highest BCUT2D eigenvalue weighted by Gasteiger charge is 2.28. The minimum atomic E-state index is -0.236. The number of hydrogen-bond donors (Lipinski definition) is 2. The van der Waals surface area contributed by atoms with E-state index in [1.165, 1.54) is 12.8 Å². The molecule has 1 aliphatic carbocycles. The van der Waals surface area contributed by atoms with E-state index in [2.05, 4.69) is 17.1 Å². The van der Waals surface area contributed by atoms with Gasteiger partial charge in [0.1, 0.15) is 0 Å². The molecule has 1 rings (SSSR count). The van der Waals surface area contributed by atoms with Crippen molar-refractivity contribution >= 4 is 5.91 Å². The number of primary amides is 1. The fourth-order valence-corrected chi connectivity index (χ4v) is 2.04. The van der Waals surface area contributed by atoms with Gasteiger partial charge in [0.15, 0.2) is 0 Å². The molecule has 1 fully saturated rings. The number of amides is 1. The summed E-state index contributed by atoms with van der Waals surface area (Å²) in [5, 5.41) is 3.22. The fraction of sp³-hybridized carbons (Fsp3) is 0.917. The molecule has 0 radical (unpaired) electrons. The van der Waals surface area contributed by atoms with Gasteiger partial charge in [-0.2, -0.15) is 0 Å². The third-order valence-electron chi connectivity index (χ3n) is 3.05. The maximum Gasteiger partial charge on any atom is 0.234 e. The van der Waals surface area contributed by atoms with Gasteiger partial charge in [-0.1, -0.05) is 20.8 Å². The Hall–Kier alpha value is -0.610. The zero-order valence-electron chi connectivity index (χ0n) is 10.7. The zero-order chi connectivity index (χ0) is 12.1. The first-order valence-electron chi connectivity index (χ1n) is 6.34. The molecule has 0 saturated heterocycles. The highest BCUT2D eigenvalue weighted by atomic mass is 16.1. The molecule has 16 heavy (non-hydrogen) atoms. The summed E-state index contributed by atoms with van der Waals surface area (Å²) >= 11 is 0. The molecule has 0 spiro atoms. The number of carbonyl (C=O) groups excluding carboxylic acids is 1. The van der Waals surface area contributed by atoms with Gasteiger partial charge in [-0.25, -0.2) is 0 Å². The SMILES string of the molecule is CCN(CCC(NC(C)C)C(N)=O)C1CC1. The van der Waals surface area contributed by atoms with Crippen molar-refractivity contribution < 1.29 is 4.79 Å². The summed E-state index contributed by atoms with van der Waals surface area (Å²) in [6.45, 7) is 8.28. The van der Waals surface area contributed by atoms with Crippen LogP contribution in [0.15, 0.2) is 0 Å². The summed E-state index contributed by atoms with van der Waals surface area (Å²) in [5.41, 5.74) is 5.38. The lowest BCUT2D eigenvalue weighted by Gasteiger charge is -2.24. The molecule has 0 aliphatic heterocycles. The molecule has 1 unspecified atom stereocenters. The Balaban J connectivity index is 2.32. The van der Waals surface area contributed by atoms with Crippen LogP contribution in [0.5, 0.6) is 0 Å². The number of rotatable bonds is 8. The summed E-state index contributed by atoms with van der Waals surface area (Å²) in [6.07, 6.45) is 3.44. The van der Waals surface area contributed by atoms with Crippen LogP contribution in [0.25, 0.3) is 0 Å². The third kappa shape index (κ3) is 4.49. The minimum absolute atomic E-state index is 0.187. The van der Waals surface area contributed by atoms with Gasteiger partial charge in [-0.05, 0) is 25.8 Å². The molecule has 94 valence electrons. The number of hydrogen-bond acceptors (Lipinski definition) is 3. The van der Waals surface area contributed by atoms with Crippen LogP contribution < -0.4 is 11.1 Å². The maximum absolute atomic E-state index is 11.3. The summed E-state index contributed by atoms with van der Waals surface area (Å²) < 4.78 is 0. The van der Waals surface area contributed by atoms with Gasteiger partial charge in [0.2, 0.25) is 5.91 Å². The number of nitrogens with one attached hydrogen (secondary N) is 1. The van der Waals surface area contributed by atoms with Crippen LogP contribution in [0.4, 0.5) is 0 Å². The molecule has 1 aliphatic rings. The number of nitrogens with zero attached hydrogens (tertiary/aromatic N) is 1. The van der Waals surface area contributed by atoms with E-state index >= 15 is 0 Å². The van der Waals surface area contributed by atoms with E-state index < -0.39 is 0 Å². The molecule has 0 aromatic carbocycles. The van der Waals surface area contributed by atoms with Gasteiger partial charge in [0.05, 0.1) is 6.04 Å². The van der Waals surface area contributed by atoms with Crippen LogP contribution in [-0.2, 0) is 4.79 Å². The third-order valence-corrected chi connectivity index (χ3v) is 3.05. The van der Waals surface area contributed by atoms with Gasteiger partial charge < -0.3 is 16.0 Å². The topological polar surface area (TPSA) is 58.4 Å². The predicted octanol–water partition coefficient (Wildman–Crippen LogP) is 0.713. The van der Waals surface area contributed by atoms with Gasteiger partial charge >= 0.3 is 0 Å². The molecule has 0 aromatic heterocycles. The Kier molecular flexibility index (Phi) is 5.22. The van der Waals surface area contributed by atoms with Crippen molar-refractivity contribution in [2.75, 3.05) is 13.1 Å². The Bertz CT molecular complexity index is 226. The number of nitrogens with two attached hydrogens (primary N) is 1. The summed E-state index contributed by atoms with van der Waals surface area (Å²) in [4.78, 5) is 13.7. The predicted molar refractivity (Wildman–Crippen MR) is 66.1 cm³/mol. The second kappa shape index (κ2) is 6.21.